The van der Waals surface area contributed by atoms with E-state index >= 15 is 0 Å². The molecule has 0 fully saturated rings. The Kier molecular flexibility index (Phi) is 34.3. The molecule has 0 bridgehead atoms. The molecule has 1 aromatic rings. The van der Waals surface area contributed by atoms with Crippen molar-refractivity contribution in [3.63, 3.8) is 0 Å². The third kappa shape index (κ3) is 30.9. The van der Waals surface area contributed by atoms with Gasteiger partial charge in [0.1, 0.15) is 12.7 Å². The summed E-state index contributed by atoms with van der Waals surface area (Å²) in [7, 11) is 0. The first kappa shape index (κ1) is 51.8. The number of anilines is 1. The van der Waals surface area contributed by atoms with Crippen LogP contribution in [0.5, 0.6) is 0 Å². The van der Waals surface area contributed by atoms with E-state index in [-0.39, 0.29) is 36.7 Å². The van der Waals surface area contributed by atoms with Crippen molar-refractivity contribution in [2.45, 2.75) is 218 Å². The normalized spacial score (nSPS) is 13.0. The molecule has 0 aliphatic heterocycles. The quantitative estimate of drug-likeness (QED) is 0.0367. The van der Waals surface area contributed by atoms with E-state index in [0.29, 0.717) is 18.6 Å². The number of nitrogens with one attached hydrogen (secondary N) is 1. The highest BCUT2D eigenvalue weighted by atomic mass is 32.2. The Hall–Kier alpha value is -2.22. The fourth-order valence-electron chi connectivity index (χ4n) is 6.53. The molecule has 0 radical (unpaired) electrons. The number of amides is 1. The molecule has 0 aliphatic carbocycles. The van der Waals surface area contributed by atoms with Gasteiger partial charge in [-0.15, -0.1) is 5.10 Å². The number of ether oxygens (including phenoxy) is 2. The third-order valence-electron chi connectivity index (χ3n) is 10.0. The average molecular weight is 812 g/mol. The van der Waals surface area contributed by atoms with Crippen LogP contribution in [-0.2, 0) is 30.4 Å². The van der Waals surface area contributed by atoms with Crippen molar-refractivity contribution in [1.82, 2.24) is 15.0 Å². The fraction of sp³-hybridized carbons (Fsp3) is 0.884. The van der Waals surface area contributed by atoms with Gasteiger partial charge in [0.25, 0.3) is 0 Å². The van der Waals surface area contributed by atoms with E-state index in [2.05, 4.69) is 29.5 Å². The van der Waals surface area contributed by atoms with Crippen molar-refractivity contribution in [3.05, 3.63) is 6.20 Å². The Morgan fingerprint density at radius 2 is 1.16 bits per heavy atom. The molecule has 0 aliphatic rings. The molecule has 13 heteroatoms. The molecule has 326 valence electrons. The Balaban J connectivity index is 2.39. The Morgan fingerprint density at radius 1 is 0.714 bits per heavy atom. The summed E-state index contributed by atoms with van der Waals surface area (Å²) in [5.41, 5.74) is 6.13. The molecule has 0 saturated carbocycles. The minimum atomic E-state index is -0.992. The molecule has 0 saturated heterocycles. The summed E-state index contributed by atoms with van der Waals surface area (Å²) in [6.07, 6.45) is 32.5. The molecule has 1 aromatic heterocycles. The van der Waals surface area contributed by atoms with Crippen molar-refractivity contribution in [3.8, 4) is 0 Å². The number of aromatic nitrogens is 3. The summed E-state index contributed by atoms with van der Waals surface area (Å²) in [4.78, 5) is 38.1. The van der Waals surface area contributed by atoms with E-state index < -0.39 is 30.8 Å². The number of aliphatic hydroxyl groups excluding tert-OH is 2. The molecule has 1 rings (SSSR count). The maximum atomic E-state index is 12.8. The summed E-state index contributed by atoms with van der Waals surface area (Å²) < 4.78 is 12.7. The molecule has 0 spiro atoms. The first-order chi connectivity index (χ1) is 27.3. The summed E-state index contributed by atoms with van der Waals surface area (Å²) >= 11 is 1.35. The smallest absolute Gasteiger partial charge is 0.306 e. The Morgan fingerprint density at radius 3 is 1.62 bits per heavy atom. The van der Waals surface area contributed by atoms with Crippen LogP contribution in [0.25, 0.3) is 0 Å². The minimum Gasteiger partial charge on any atom is -0.462 e. The predicted molar refractivity (Wildman–Crippen MR) is 229 cm³/mol. The maximum Gasteiger partial charge on any atom is 0.306 e. The number of hydrogen-bond donors (Lipinski definition) is 4. The second-order valence-electron chi connectivity index (χ2n) is 15.6. The number of esters is 2. The number of carbonyl (C=O) groups excluding carboxylic acids is 3. The molecule has 56 heavy (non-hydrogen) atoms. The van der Waals surface area contributed by atoms with Crippen LogP contribution in [0.15, 0.2) is 6.20 Å². The molecule has 3 atom stereocenters. The van der Waals surface area contributed by atoms with Crippen LogP contribution >= 0.6 is 11.8 Å². The van der Waals surface area contributed by atoms with Gasteiger partial charge in [0.05, 0.1) is 31.5 Å². The highest BCUT2D eigenvalue weighted by Crippen LogP contribution is 2.16. The molecular weight excluding hydrogens is 731 g/mol. The number of nitrogens with zero attached hydrogens (tertiary/aromatic N) is 3. The van der Waals surface area contributed by atoms with Crippen LogP contribution < -0.4 is 11.1 Å². The highest BCUT2D eigenvalue weighted by Gasteiger charge is 2.21. The van der Waals surface area contributed by atoms with Crippen LogP contribution in [0.1, 0.15) is 194 Å². The van der Waals surface area contributed by atoms with Gasteiger partial charge in [0.15, 0.2) is 5.82 Å². The molecule has 0 aromatic carbocycles. The topological polar surface area (TPSA) is 179 Å². The van der Waals surface area contributed by atoms with Gasteiger partial charge in [-0.25, -0.2) is 4.68 Å². The van der Waals surface area contributed by atoms with E-state index in [9.17, 15) is 19.5 Å². The number of nitrogens with two attached hydrogens (primary N) is 1. The zero-order valence-corrected chi connectivity index (χ0v) is 36.2. The fourth-order valence-corrected chi connectivity index (χ4v) is 7.50. The number of aliphatic hydroxyl groups is 2. The lowest BCUT2D eigenvalue weighted by molar-refractivity contribution is -0.157. The second kappa shape index (κ2) is 37.1. The van der Waals surface area contributed by atoms with Gasteiger partial charge in [-0.05, 0) is 12.8 Å². The van der Waals surface area contributed by atoms with Crippen LogP contribution in [0.4, 0.5) is 5.82 Å². The van der Waals surface area contributed by atoms with Gasteiger partial charge in [-0.1, -0.05) is 173 Å². The second-order valence-corrected chi connectivity index (χ2v) is 16.7. The number of hydrogen-bond acceptors (Lipinski definition) is 11. The van der Waals surface area contributed by atoms with Crippen molar-refractivity contribution in [2.24, 2.45) is 5.73 Å². The first-order valence-electron chi connectivity index (χ1n) is 22.5. The third-order valence-corrected chi connectivity index (χ3v) is 11.2. The van der Waals surface area contributed by atoms with Crippen molar-refractivity contribution < 1.29 is 34.1 Å². The highest BCUT2D eigenvalue weighted by molar-refractivity contribution is 7.99. The summed E-state index contributed by atoms with van der Waals surface area (Å²) in [6.45, 7) is 4.09. The lowest BCUT2D eigenvalue weighted by Gasteiger charge is -2.19. The van der Waals surface area contributed by atoms with E-state index in [4.69, 9.17) is 20.3 Å². The van der Waals surface area contributed by atoms with Gasteiger partial charge >= 0.3 is 11.9 Å². The zero-order valence-electron chi connectivity index (χ0n) is 35.4. The first-order valence-corrected chi connectivity index (χ1v) is 23.6. The van der Waals surface area contributed by atoms with E-state index in [0.717, 1.165) is 38.5 Å². The van der Waals surface area contributed by atoms with Gasteiger partial charge < -0.3 is 30.7 Å². The van der Waals surface area contributed by atoms with Crippen LogP contribution in [0.3, 0.4) is 0 Å². The average Bonchev–Trinajstić information content (AvgIpc) is 3.63. The minimum absolute atomic E-state index is 0.0289. The molecule has 1 amide bonds. The maximum absolute atomic E-state index is 12.8. The molecule has 0 unspecified atom stereocenters. The van der Waals surface area contributed by atoms with Crippen LogP contribution in [0.2, 0.25) is 0 Å². The SMILES string of the molecule is CCCCCCCCCCCCCCCC(=O)OC[C@H](CSC[C@@H](N)C(=O)Nc1cn(C[C@@H](O)CO)nn1)OC(=O)CCCCCCCCCCCCCCC. The Labute approximate surface area is 344 Å². The van der Waals surface area contributed by atoms with Gasteiger partial charge in [-0.2, -0.15) is 11.8 Å². The van der Waals surface area contributed by atoms with Crippen molar-refractivity contribution in [2.75, 3.05) is 30.0 Å². The summed E-state index contributed by atoms with van der Waals surface area (Å²) in [5, 5.41) is 28.9. The standard InChI is InChI=1S/C43H81N5O7S/c1-3-5-7-9-11-13-15-17-19-21-23-25-27-29-41(51)54-34-38(55-42(52)30-28-26-24-22-20-18-16-14-12-10-8-6-4-2)35-56-36-39(44)43(53)45-40-32-48(47-46-40)31-37(50)33-49/h32,37-39,49-50H,3-31,33-36,44H2,1-2H3,(H,45,53)/t37-,38-,39-/m1/s1. The molecule has 5 N–H and O–H groups in total. The zero-order chi connectivity index (χ0) is 40.9. The Bertz CT molecular complexity index is 1090. The molecule has 12 nitrogen and oxygen atoms in total. The van der Waals surface area contributed by atoms with E-state index in [1.807, 2.05) is 0 Å². The molecule has 1 heterocycles. The number of unbranched alkanes of at least 4 members (excludes halogenated alkanes) is 24. The van der Waals surface area contributed by atoms with E-state index in [1.54, 1.807) is 0 Å². The lowest BCUT2D eigenvalue weighted by Crippen LogP contribution is -2.38. The van der Waals surface area contributed by atoms with E-state index in [1.165, 1.54) is 151 Å². The number of carbonyl (C=O) groups is 3. The van der Waals surface area contributed by atoms with Crippen molar-refractivity contribution >= 4 is 35.4 Å². The van der Waals surface area contributed by atoms with Crippen molar-refractivity contribution in [1.29, 1.82) is 0 Å². The number of thioether (sulfide) groups is 1. The van der Waals surface area contributed by atoms with Gasteiger partial charge in [-0.3, -0.25) is 14.4 Å². The predicted octanol–water partition coefficient (Wildman–Crippen LogP) is 9.05. The summed E-state index contributed by atoms with van der Waals surface area (Å²) in [6, 6.07) is -0.881. The van der Waals surface area contributed by atoms with Gasteiger partial charge in [0, 0.05) is 24.3 Å². The largest absolute Gasteiger partial charge is 0.462 e. The van der Waals surface area contributed by atoms with Crippen LogP contribution in [-0.4, -0.2) is 86.0 Å². The molecular formula is C43H81N5O7S. The summed E-state index contributed by atoms with van der Waals surface area (Å²) in [5.74, 6) is -0.312. The van der Waals surface area contributed by atoms with Gasteiger partial charge in [0.2, 0.25) is 5.91 Å². The lowest BCUT2D eigenvalue weighted by atomic mass is 10.0. The van der Waals surface area contributed by atoms with Crippen LogP contribution in [0, 0.1) is 0 Å². The number of rotatable bonds is 40. The monoisotopic (exact) mass is 812 g/mol.